The molecule has 8 heteroatoms. The molecule has 1 aliphatic rings. The van der Waals surface area contributed by atoms with E-state index in [9.17, 15) is 18.8 Å². The van der Waals surface area contributed by atoms with Gasteiger partial charge in [0.15, 0.2) is 5.78 Å². The number of rotatable bonds is 7. The summed E-state index contributed by atoms with van der Waals surface area (Å²) in [6.45, 7) is 1.21. The van der Waals surface area contributed by atoms with E-state index in [1.165, 1.54) is 26.4 Å². The van der Waals surface area contributed by atoms with Crippen molar-refractivity contribution in [2.45, 2.75) is 25.7 Å². The number of piperidine rings is 1. The molecule has 184 valence electrons. The molecule has 1 fully saturated rings. The van der Waals surface area contributed by atoms with Crippen LogP contribution in [0.15, 0.2) is 42.6 Å². The maximum Gasteiger partial charge on any atom is 0.313 e. The lowest BCUT2D eigenvalue weighted by Crippen LogP contribution is -2.39. The summed E-state index contributed by atoms with van der Waals surface area (Å²) in [4.78, 5) is 39.6. The van der Waals surface area contributed by atoms with Gasteiger partial charge in [-0.05, 0) is 48.9 Å². The summed E-state index contributed by atoms with van der Waals surface area (Å²) in [5.74, 6) is -0.518. The normalized spacial score (nSPS) is 14.2. The van der Waals surface area contributed by atoms with E-state index in [0.29, 0.717) is 41.3 Å². The minimum absolute atomic E-state index is 0.154. The van der Waals surface area contributed by atoms with Crippen LogP contribution < -0.4 is 4.74 Å². The number of aromatic nitrogens is 1. The Bertz CT molecular complexity index is 1260. The van der Waals surface area contributed by atoms with Crippen LogP contribution in [0.5, 0.6) is 5.75 Å². The van der Waals surface area contributed by atoms with Crippen molar-refractivity contribution in [1.82, 2.24) is 9.47 Å². The molecule has 3 aromatic rings. The third kappa shape index (κ3) is 5.21. The van der Waals surface area contributed by atoms with E-state index in [0.717, 1.165) is 30.3 Å². The summed E-state index contributed by atoms with van der Waals surface area (Å²) in [7, 11) is 4.55. The van der Waals surface area contributed by atoms with Crippen LogP contribution in [-0.2, 0) is 23.0 Å². The van der Waals surface area contributed by atoms with Gasteiger partial charge in [0.05, 0.1) is 25.3 Å². The van der Waals surface area contributed by atoms with E-state index in [2.05, 4.69) is 4.74 Å². The van der Waals surface area contributed by atoms with Crippen LogP contribution in [0.25, 0.3) is 10.9 Å². The summed E-state index contributed by atoms with van der Waals surface area (Å²) in [6.07, 6.45) is 3.84. The number of fused-ring (bicyclic) bond motifs is 1. The molecule has 0 N–H and O–H groups in total. The summed E-state index contributed by atoms with van der Waals surface area (Å²) >= 11 is 0. The van der Waals surface area contributed by atoms with Gasteiger partial charge < -0.3 is 18.9 Å². The molecule has 0 aliphatic carbocycles. The monoisotopic (exact) mass is 480 g/mol. The van der Waals surface area contributed by atoms with Gasteiger partial charge in [0, 0.05) is 43.4 Å². The number of nitrogens with zero attached hydrogens (tertiary/aromatic N) is 2. The number of hydrogen-bond donors (Lipinski definition) is 0. The Morgan fingerprint density at radius 2 is 1.71 bits per heavy atom. The highest BCUT2D eigenvalue weighted by Gasteiger charge is 2.27. The standard InChI is InChI=1S/C27H29FN2O5/c1-29-16-22(24(31)15-26(32)35-3)20-13-21(25(34-2)14-23(20)29)27(33)30-10-8-18(9-11-30)12-17-4-6-19(28)7-5-17/h4-7,13-14,16,18H,8-12,15H2,1-3H3. The lowest BCUT2D eigenvalue weighted by atomic mass is 9.90. The largest absolute Gasteiger partial charge is 0.496 e. The first kappa shape index (κ1) is 24.4. The summed E-state index contributed by atoms with van der Waals surface area (Å²) in [5.41, 5.74) is 2.57. The van der Waals surface area contributed by atoms with E-state index in [4.69, 9.17) is 4.74 Å². The number of halogens is 1. The number of aryl methyl sites for hydroxylation is 1. The first-order valence-electron chi connectivity index (χ1n) is 11.6. The van der Waals surface area contributed by atoms with Crippen molar-refractivity contribution in [3.63, 3.8) is 0 Å². The summed E-state index contributed by atoms with van der Waals surface area (Å²) in [5, 5.41) is 0.594. The van der Waals surface area contributed by atoms with Crippen LogP contribution in [0.1, 0.15) is 45.5 Å². The van der Waals surface area contributed by atoms with Gasteiger partial charge >= 0.3 is 5.97 Å². The highest BCUT2D eigenvalue weighted by molar-refractivity contribution is 6.15. The summed E-state index contributed by atoms with van der Waals surface area (Å²) < 4.78 is 25.1. The number of carbonyl (C=O) groups excluding carboxylic acids is 3. The van der Waals surface area contributed by atoms with Crippen molar-refractivity contribution in [3.05, 3.63) is 65.1 Å². The van der Waals surface area contributed by atoms with E-state index < -0.39 is 5.97 Å². The minimum Gasteiger partial charge on any atom is -0.496 e. The average molecular weight is 481 g/mol. The maximum atomic E-state index is 13.5. The van der Waals surface area contributed by atoms with Gasteiger partial charge in [0.25, 0.3) is 5.91 Å². The molecule has 0 saturated carbocycles. The molecule has 2 aromatic carbocycles. The highest BCUT2D eigenvalue weighted by atomic mass is 19.1. The van der Waals surface area contributed by atoms with Crippen molar-refractivity contribution in [3.8, 4) is 5.75 Å². The lowest BCUT2D eigenvalue weighted by molar-refractivity contribution is -0.139. The van der Waals surface area contributed by atoms with Gasteiger partial charge in [-0.15, -0.1) is 0 Å². The first-order valence-corrected chi connectivity index (χ1v) is 11.6. The fourth-order valence-electron chi connectivity index (χ4n) is 4.73. The van der Waals surface area contributed by atoms with Gasteiger partial charge in [0.2, 0.25) is 0 Å². The number of likely N-dealkylation sites (tertiary alicyclic amines) is 1. The van der Waals surface area contributed by atoms with Gasteiger partial charge in [-0.2, -0.15) is 0 Å². The number of esters is 1. The second-order valence-corrected chi connectivity index (χ2v) is 8.97. The van der Waals surface area contributed by atoms with Crippen molar-refractivity contribution in [1.29, 1.82) is 0 Å². The fraction of sp³-hybridized carbons (Fsp3) is 0.370. The molecule has 0 unspecified atom stereocenters. The zero-order chi connectivity index (χ0) is 25.1. The Hall–Kier alpha value is -3.68. The van der Waals surface area contributed by atoms with Crippen LogP contribution in [0.4, 0.5) is 4.39 Å². The predicted molar refractivity (Wildman–Crippen MR) is 129 cm³/mol. The van der Waals surface area contributed by atoms with Gasteiger partial charge in [-0.25, -0.2) is 4.39 Å². The van der Waals surface area contributed by atoms with Crippen LogP contribution in [0, 0.1) is 11.7 Å². The molecule has 1 aliphatic heterocycles. The zero-order valence-electron chi connectivity index (χ0n) is 20.2. The molecule has 1 aromatic heterocycles. The van der Waals surface area contributed by atoms with Crippen molar-refractivity contribution >= 4 is 28.6 Å². The zero-order valence-corrected chi connectivity index (χ0v) is 20.2. The highest BCUT2D eigenvalue weighted by Crippen LogP contribution is 2.32. The SMILES string of the molecule is COC(=O)CC(=O)c1cn(C)c2cc(OC)c(C(=O)N3CCC(Cc4ccc(F)cc4)CC3)cc12. The second kappa shape index (κ2) is 10.3. The van der Waals surface area contributed by atoms with E-state index in [1.54, 1.807) is 29.9 Å². The van der Waals surface area contributed by atoms with Gasteiger partial charge in [-0.3, -0.25) is 14.4 Å². The second-order valence-electron chi connectivity index (χ2n) is 8.97. The molecule has 0 spiro atoms. The number of amides is 1. The third-order valence-electron chi connectivity index (χ3n) is 6.71. The van der Waals surface area contributed by atoms with E-state index in [1.807, 2.05) is 17.0 Å². The number of ether oxygens (including phenoxy) is 2. The number of carbonyl (C=O) groups is 3. The smallest absolute Gasteiger partial charge is 0.313 e. The number of benzene rings is 2. The van der Waals surface area contributed by atoms with Crippen LogP contribution in [0.3, 0.4) is 0 Å². The Labute approximate surface area is 203 Å². The van der Waals surface area contributed by atoms with Crippen LogP contribution in [0.2, 0.25) is 0 Å². The van der Waals surface area contributed by atoms with Gasteiger partial charge in [-0.1, -0.05) is 12.1 Å². The molecule has 0 bridgehead atoms. The number of hydrogen-bond acceptors (Lipinski definition) is 5. The molecule has 1 saturated heterocycles. The van der Waals surface area contributed by atoms with Crippen molar-refractivity contribution < 1.29 is 28.2 Å². The minimum atomic E-state index is -0.611. The first-order chi connectivity index (χ1) is 16.8. The number of methoxy groups -OCH3 is 2. The van der Waals surface area contributed by atoms with E-state index >= 15 is 0 Å². The summed E-state index contributed by atoms with van der Waals surface area (Å²) in [6, 6.07) is 10.0. The molecule has 0 atom stereocenters. The average Bonchev–Trinajstić information content (AvgIpc) is 3.20. The molecular formula is C27H29FN2O5. The molecule has 35 heavy (non-hydrogen) atoms. The lowest BCUT2D eigenvalue weighted by Gasteiger charge is -2.32. The number of Topliss-reactive ketones (excluding diaryl/α,β-unsaturated/α-hetero) is 1. The third-order valence-corrected chi connectivity index (χ3v) is 6.71. The maximum absolute atomic E-state index is 13.5. The molecule has 7 nitrogen and oxygen atoms in total. The Morgan fingerprint density at radius 1 is 1.03 bits per heavy atom. The Morgan fingerprint density at radius 3 is 2.34 bits per heavy atom. The fourth-order valence-corrected chi connectivity index (χ4v) is 4.73. The Kier molecular flexibility index (Phi) is 7.19. The Balaban J connectivity index is 1.54. The molecule has 0 radical (unpaired) electrons. The quantitative estimate of drug-likeness (QED) is 0.288. The molecule has 2 heterocycles. The van der Waals surface area contributed by atoms with Gasteiger partial charge in [0.1, 0.15) is 18.0 Å². The molecule has 4 rings (SSSR count). The molecular weight excluding hydrogens is 451 g/mol. The van der Waals surface area contributed by atoms with Crippen molar-refractivity contribution in [2.24, 2.45) is 13.0 Å². The van der Waals surface area contributed by atoms with E-state index in [-0.39, 0.29) is 23.9 Å². The predicted octanol–water partition coefficient (Wildman–Crippen LogP) is 4.17. The number of ketones is 1. The topological polar surface area (TPSA) is 77.8 Å². The van der Waals surface area contributed by atoms with Crippen LogP contribution >= 0.6 is 0 Å². The van der Waals surface area contributed by atoms with Crippen LogP contribution in [-0.4, -0.2) is 54.4 Å². The van der Waals surface area contributed by atoms with Crippen molar-refractivity contribution in [2.75, 3.05) is 27.3 Å². The molecule has 1 amide bonds.